The molecular formula is C10H8N4O3S. The largest absolute Gasteiger partial charge is 0.408 e. The van der Waals surface area contributed by atoms with Crippen molar-refractivity contribution in [1.82, 2.24) is 10.2 Å². The fraction of sp³-hybridized carbons (Fsp3) is 0.100. The molecule has 0 spiro atoms. The molecule has 1 heterocycles. The summed E-state index contributed by atoms with van der Waals surface area (Å²) in [5.41, 5.74) is 0.0428. The van der Waals surface area contributed by atoms with Crippen molar-refractivity contribution in [1.29, 1.82) is 5.26 Å². The Labute approximate surface area is 103 Å². The zero-order valence-corrected chi connectivity index (χ0v) is 10.1. The van der Waals surface area contributed by atoms with Crippen molar-refractivity contribution in [3.05, 3.63) is 35.7 Å². The highest BCUT2D eigenvalue weighted by atomic mass is 32.2. The van der Waals surface area contributed by atoms with Gasteiger partial charge in [0.15, 0.2) is 0 Å². The van der Waals surface area contributed by atoms with Gasteiger partial charge in [0.2, 0.25) is 5.89 Å². The first kappa shape index (κ1) is 12.1. The van der Waals surface area contributed by atoms with E-state index in [0.717, 1.165) is 0 Å². The molecule has 2 rings (SSSR count). The SMILES string of the molecule is Cc1nnc(NS(=O)(=O)c2ccccc2C#N)o1. The number of hydrogen-bond donors (Lipinski definition) is 1. The first-order valence-electron chi connectivity index (χ1n) is 4.85. The Morgan fingerprint density at radius 1 is 1.33 bits per heavy atom. The minimum Gasteiger partial charge on any atom is -0.408 e. The average molecular weight is 264 g/mol. The normalized spacial score (nSPS) is 10.9. The number of anilines is 1. The van der Waals surface area contributed by atoms with Crippen molar-refractivity contribution < 1.29 is 12.8 Å². The third kappa shape index (κ3) is 2.31. The predicted octanol–water partition coefficient (Wildman–Crippen LogP) is 1.05. The second kappa shape index (κ2) is 4.46. The maximum Gasteiger partial charge on any atom is 0.329 e. The van der Waals surface area contributed by atoms with Gasteiger partial charge in [0, 0.05) is 6.92 Å². The van der Waals surface area contributed by atoms with Gasteiger partial charge in [0.1, 0.15) is 11.0 Å². The van der Waals surface area contributed by atoms with Crippen LogP contribution in [0.2, 0.25) is 0 Å². The van der Waals surface area contributed by atoms with Crippen LogP contribution in [0.25, 0.3) is 0 Å². The lowest BCUT2D eigenvalue weighted by atomic mass is 10.2. The van der Waals surface area contributed by atoms with Crippen LogP contribution in [0, 0.1) is 18.3 Å². The monoisotopic (exact) mass is 264 g/mol. The van der Waals surface area contributed by atoms with Crippen LogP contribution in [-0.2, 0) is 10.0 Å². The number of sulfonamides is 1. The molecule has 0 amide bonds. The van der Waals surface area contributed by atoms with E-state index in [9.17, 15) is 8.42 Å². The molecule has 18 heavy (non-hydrogen) atoms. The number of benzene rings is 1. The molecule has 0 saturated heterocycles. The maximum absolute atomic E-state index is 12.0. The average Bonchev–Trinajstić information content (AvgIpc) is 2.74. The maximum atomic E-state index is 12.0. The van der Waals surface area contributed by atoms with Gasteiger partial charge in [-0.3, -0.25) is 0 Å². The Balaban J connectivity index is 2.40. The molecule has 0 saturated carbocycles. The van der Waals surface area contributed by atoms with Crippen LogP contribution in [0.1, 0.15) is 11.5 Å². The first-order chi connectivity index (χ1) is 8.53. The number of nitrogens with one attached hydrogen (secondary N) is 1. The minimum atomic E-state index is -3.91. The summed E-state index contributed by atoms with van der Waals surface area (Å²) in [5.74, 6) is 0.237. The molecule has 0 bridgehead atoms. The lowest BCUT2D eigenvalue weighted by molar-refractivity contribution is 0.534. The summed E-state index contributed by atoms with van der Waals surface area (Å²) in [4.78, 5) is -0.136. The molecule has 0 fully saturated rings. The Bertz CT molecular complexity index is 715. The van der Waals surface area contributed by atoms with Crippen molar-refractivity contribution in [3.8, 4) is 6.07 Å². The number of nitriles is 1. The molecule has 7 nitrogen and oxygen atoms in total. The van der Waals surface area contributed by atoms with E-state index in [1.54, 1.807) is 12.1 Å². The third-order valence-corrected chi connectivity index (χ3v) is 3.42. The first-order valence-corrected chi connectivity index (χ1v) is 6.33. The van der Waals surface area contributed by atoms with Gasteiger partial charge >= 0.3 is 6.01 Å². The number of aromatic nitrogens is 2. The summed E-state index contributed by atoms with van der Waals surface area (Å²) in [7, 11) is -3.91. The molecule has 0 aliphatic rings. The van der Waals surface area contributed by atoms with Crippen molar-refractivity contribution in [2.24, 2.45) is 0 Å². The molecule has 1 aromatic carbocycles. The van der Waals surface area contributed by atoms with Gasteiger partial charge in [0.05, 0.1) is 5.56 Å². The van der Waals surface area contributed by atoms with E-state index in [-0.39, 0.29) is 22.4 Å². The molecular weight excluding hydrogens is 256 g/mol. The Hall–Kier alpha value is -2.40. The number of nitrogens with zero attached hydrogens (tertiary/aromatic N) is 3. The standard InChI is InChI=1S/C10H8N4O3S/c1-7-12-13-10(17-7)14-18(15,16)9-5-3-2-4-8(9)6-11/h2-5H,1H3,(H,13,14). The van der Waals surface area contributed by atoms with Gasteiger partial charge in [-0.25, -0.2) is 13.1 Å². The zero-order chi connectivity index (χ0) is 13.2. The Kier molecular flexibility index (Phi) is 2.99. The zero-order valence-electron chi connectivity index (χ0n) is 9.28. The second-order valence-electron chi connectivity index (χ2n) is 3.34. The van der Waals surface area contributed by atoms with Gasteiger partial charge in [-0.1, -0.05) is 17.2 Å². The van der Waals surface area contributed by atoms with E-state index in [0.29, 0.717) is 0 Å². The molecule has 2 aromatic rings. The van der Waals surface area contributed by atoms with Crippen LogP contribution in [0.4, 0.5) is 6.01 Å². The quantitative estimate of drug-likeness (QED) is 0.887. The summed E-state index contributed by atoms with van der Waals surface area (Å²) in [6.45, 7) is 1.54. The van der Waals surface area contributed by atoms with E-state index in [1.807, 2.05) is 0 Å². The molecule has 0 atom stereocenters. The summed E-state index contributed by atoms with van der Waals surface area (Å²) in [5, 5.41) is 15.9. The van der Waals surface area contributed by atoms with Gasteiger partial charge in [0.25, 0.3) is 10.0 Å². The minimum absolute atomic E-state index is 0.0428. The molecule has 1 N–H and O–H groups in total. The molecule has 8 heteroatoms. The molecule has 0 radical (unpaired) electrons. The fourth-order valence-corrected chi connectivity index (χ4v) is 2.38. The Morgan fingerprint density at radius 3 is 2.67 bits per heavy atom. The van der Waals surface area contributed by atoms with Crippen LogP contribution in [-0.4, -0.2) is 18.6 Å². The van der Waals surface area contributed by atoms with Crippen molar-refractivity contribution in [2.75, 3.05) is 4.72 Å². The van der Waals surface area contributed by atoms with Gasteiger partial charge in [-0.2, -0.15) is 5.26 Å². The van der Waals surface area contributed by atoms with Gasteiger partial charge in [-0.05, 0) is 12.1 Å². The predicted molar refractivity (Wildman–Crippen MR) is 61.0 cm³/mol. The van der Waals surface area contributed by atoms with Gasteiger partial charge in [-0.15, -0.1) is 5.10 Å². The highest BCUT2D eigenvalue weighted by Gasteiger charge is 2.20. The van der Waals surface area contributed by atoms with Crippen LogP contribution in [0.5, 0.6) is 0 Å². The van der Waals surface area contributed by atoms with Crippen LogP contribution < -0.4 is 4.72 Å². The van der Waals surface area contributed by atoms with Crippen LogP contribution >= 0.6 is 0 Å². The number of rotatable bonds is 3. The van der Waals surface area contributed by atoms with Crippen molar-refractivity contribution in [2.45, 2.75) is 11.8 Å². The van der Waals surface area contributed by atoms with E-state index >= 15 is 0 Å². The lowest BCUT2D eigenvalue weighted by Gasteiger charge is -2.05. The van der Waals surface area contributed by atoms with E-state index in [4.69, 9.17) is 9.68 Å². The van der Waals surface area contributed by atoms with Crippen LogP contribution in [0.15, 0.2) is 33.6 Å². The molecule has 0 aliphatic carbocycles. The lowest BCUT2D eigenvalue weighted by Crippen LogP contribution is -2.14. The topological polar surface area (TPSA) is 109 Å². The van der Waals surface area contributed by atoms with E-state index < -0.39 is 10.0 Å². The molecule has 0 aliphatic heterocycles. The second-order valence-corrected chi connectivity index (χ2v) is 4.99. The highest BCUT2D eigenvalue weighted by molar-refractivity contribution is 7.92. The van der Waals surface area contributed by atoms with E-state index in [2.05, 4.69) is 14.9 Å². The summed E-state index contributed by atoms with van der Waals surface area (Å²) in [6, 6.07) is 7.40. The van der Waals surface area contributed by atoms with E-state index in [1.165, 1.54) is 25.1 Å². The summed E-state index contributed by atoms with van der Waals surface area (Å²) in [6.07, 6.45) is 0. The van der Waals surface area contributed by atoms with Crippen molar-refractivity contribution >= 4 is 16.0 Å². The summed E-state index contributed by atoms with van der Waals surface area (Å²) >= 11 is 0. The molecule has 92 valence electrons. The van der Waals surface area contributed by atoms with Gasteiger partial charge < -0.3 is 4.42 Å². The Morgan fingerprint density at radius 2 is 2.06 bits per heavy atom. The number of aryl methyl sites for hydroxylation is 1. The molecule has 0 unspecified atom stereocenters. The highest BCUT2D eigenvalue weighted by Crippen LogP contribution is 2.18. The summed E-state index contributed by atoms with van der Waals surface area (Å²) < 4.78 is 31.0. The van der Waals surface area contributed by atoms with Crippen molar-refractivity contribution in [3.63, 3.8) is 0 Å². The number of hydrogen-bond acceptors (Lipinski definition) is 6. The third-order valence-electron chi connectivity index (χ3n) is 2.04. The van der Waals surface area contributed by atoms with Crippen LogP contribution in [0.3, 0.4) is 0 Å². The molecule has 1 aromatic heterocycles. The smallest absolute Gasteiger partial charge is 0.329 e. The fourth-order valence-electron chi connectivity index (χ4n) is 1.30.